The van der Waals surface area contributed by atoms with E-state index in [-0.39, 0.29) is 6.10 Å². The van der Waals surface area contributed by atoms with E-state index in [0.29, 0.717) is 0 Å². The zero-order valence-electron chi connectivity index (χ0n) is 8.56. The summed E-state index contributed by atoms with van der Waals surface area (Å²) in [6.45, 7) is 5.27. The minimum absolute atomic E-state index is 0.330. The predicted octanol–water partition coefficient (Wildman–Crippen LogP) is 1.67. The van der Waals surface area contributed by atoms with E-state index in [0.717, 1.165) is 31.1 Å². The highest BCUT2D eigenvalue weighted by Gasteiger charge is 2.24. The van der Waals surface area contributed by atoms with Crippen molar-refractivity contribution in [2.24, 2.45) is 5.92 Å². The van der Waals surface area contributed by atoms with Crippen molar-refractivity contribution in [3.05, 3.63) is 35.9 Å². The van der Waals surface area contributed by atoms with E-state index in [2.05, 4.69) is 11.8 Å². The number of aliphatic hydroxyl groups excluding tert-OH is 1. The number of nitrogens with zero attached hydrogens (tertiary/aromatic N) is 1. The molecule has 2 nitrogen and oxygen atoms in total. The predicted molar refractivity (Wildman–Crippen MR) is 57.0 cm³/mol. The summed E-state index contributed by atoms with van der Waals surface area (Å²) >= 11 is 0. The maximum Gasteiger partial charge on any atom is 0.0916 e. The normalized spacial score (nSPS) is 20.4. The first kappa shape index (κ1) is 9.69. The number of β-amino-alcohol motifs (C(OH)–C–C–N with tert-alkyl or cyclic N) is 1. The monoisotopic (exact) mass is 191 g/mol. The van der Waals surface area contributed by atoms with E-state index in [1.54, 1.807) is 0 Å². The van der Waals surface area contributed by atoms with Crippen molar-refractivity contribution in [1.82, 2.24) is 4.90 Å². The summed E-state index contributed by atoms with van der Waals surface area (Å²) in [5.41, 5.74) is 1.02. The summed E-state index contributed by atoms with van der Waals surface area (Å²) in [6, 6.07) is 9.87. The van der Waals surface area contributed by atoms with Crippen LogP contribution in [0.4, 0.5) is 0 Å². The van der Waals surface area contributed by atoms with Crippen molar-refractivity contribution in [1.29, 1.82) is 0 Å². The van der Waals surface area contributed by atoms with Gasteiger partial charge in [0.05, 0.1) is 6.10 Å². The average molecular weight is 191 g/mol. The van der Waals surface area contributed by atoms with Crippen molar-refractivity contribution in [3.63, 3.8) is 0 Å². The Labute approximate surface area is 85.2 Å². The van der Waals surface area contributed by atoms with Gasteiger partial charge in [0.1, 0.15) is 0 Å². The van der Waals surface area contributed by atoms with Crippen LogP contribution in [0.15, 0.2) is 30.3 Å². The van der Waals surface area contributed by atoms with Gasteiger partial charge < -0.3 is 5.11 Å². The highest BCUT2D eigenvalue weighted by atomic mass is 16.3. The van der Waals surface area contributed by atoms with Gasteiger partial charge >= 0.3 is 0 Å². The molecule has 0 radical (unpaired) electrons. The molecule has 0 amide bonds. The lowest BCUT2D eigenvalue weighted by Gasteiger charge is -2.38. The van der Waals surface area contributed by atoms with E-state index in [1.807, 2.05) is 30.3 Å². The molecule has 1 N–H and O–H groups in total. The Bertz CT molecular complexity index is 280. The third kappa shape index (κ3) is 2.14. The van der Waals surface area contributed by atoms with Crippen molar-refractivity contribution >= 4 is 0 Å². The Hall–Kier alpha value is -0.860. The molecular formula is C12H17NO. The second-order valence-electron chi connectivity index (χ2n) is 4.25. The van der Waals surface area contributed by atoms with E-state index < -0.39 is 0 Å². The quantitative estimate of drug-likeness (QED) is 0.785. The van der Waals surface area contributed by atoms with Gasteiger partial charge in [0.2, 0.25) is 0 Å². The molecule has 1 aromatic rings. The maximum absolute atomic E-state index is 9.90. The smallest absolute Gasteiger partial charge is 0.0916 e. The van der Waals surface area contributed by atoms with Crippen LogP contribution in [-0.2, 0) is 0 Å². The lowest BCUT2D eigenvalue weighted by Crippen LogP contribution is -2.46. The van der Waals surface area contributed by atoms with E-state index in [9.17, 15) is 5.11 Å². The second kappa shape index (κ2) is 4.11. The topological polar surface area (TPSA) is 23.5 Å². The van der Waals surface area contributed by atoms with Gasteiger partial charge in [-0.25, -0.2) is 0 Å². The molecule has 2 rings (SSSR count). The molecule has 1 aliphatic rings. The summed E-state index contributed by atoms with van der Waals surface area (Å²) < 4.78 is 0. The number of likely N-dealkylation sites (tertiary alicyclic amines) is 1. The molecule has 0 aromatic heterocycles. The molecule has 2 heteroatoms. The Kier molecular flexibility index (Phi) is 2.85. The molecule has 0 spiro atoms. The fourth-order valence-corrected chi connectivity index (χ4v) is 2.00. The molecule has 1 aliphatic heterocycles. The largest absolute Gasteiger partial charge is 0.387 e. The lowest BCUT2D eigenvalue weighted by atomic mass is 10.0. The first-order valence-corrected chi connectivity index (χ1v) is 5.21. The average Bonchev–Trinajstić information content (AvgIpc) is 2.17. The van der Waals surface area contributed by atoms with Gasteiger partial charge in [0, 0.05) is 19.6 Å². The maximum atomic E-state index is 9.90. The highest BCUT2D eigenvalue weighted by molar-refractivity contribution is 5.17. The van der Waals surface area contributed by atoms with Crippen LogP contribution >= 0.6 is 0 Å². The molecule has 14 heavy (non-hydrogen) atoms. The Morgan fingerprint density at radius 1 is 1.36 bits per heavy atom. The van der Waals surface area contributed by atoms with Crippen LogP contribution in [-0.4, -0.2) is 29.6 Å². The second-order valence-corrected chi connectivity index (χ2v) is 4.25. The molecule has 1 aromatic carbocycles. The number of hydrogen-bond acceptors (Lipinski definition) is 2. The molecule has 76 valence electrons. The molecule has 1 heterocycles. The molecular weight excluding hydrogens is 174 g/mol. The van der Waals surface area contributed by atoms with Crippen LogP contribution < -0.4 is 0 Å². The third-order valence-corrected chi connectivity index (χ3v) is 2.76. The fourth-order valence-electron chi connectivity index (χ4n) is 2.00. The Balaban J connectivity index is 1.87. The van der Waals surface area contributed by atoms with Gasteiger partial charge in [-0.3, -0.25) is 4.90 Å². The zero-order valence-corrected chi connectivity index (χ0v) is 8.56. The van der Waals surface area contributed by atoms with E-state index >= 15 is 0 Å². The minimum atomic E-state index is -0.330. The van der Waals surface area contributed by atoms with Crippen molar-refractivity contribution in [3.8, 4) is 0 Å². The Morgan fingerprint density at radius 3 is 2.57 bits per heavy atom. The summed E-state index contributed by atoms with van der Waals surface area (Å²) in [6.07, 6.45) is -0.330. The van der Waals surface area contributed by atoms with Crippen molar-refractivity contribution < 1.29 is 5.11 Å². The van der Waals surface area contributed by atoms with Gasteiger partial charge in [0.25, 0.3) is 0 Å². The van der Waals surface area contributed by atoms with Crippen molar-refractivity contribution in [2.75, 3.05) is 19.6 Å². The number of benzene rings is 1. The first-order valence-electron chi connectivity index (χ1n) is 5.21. The fraction of sp³-hybridized carbons (Fsp3) is 0.500. The zero-order chi connectivity index (χ0) is 9.97. The first-order chi connectivity index (χ1) is 6.75. The molecule has 1 atom stereocenters. The van der Waals surface area contributed by atoms with Gasteiger partial charge in [-0.1, -0.05) is 37.3 Å². The Morgan fingerprint density at radius 2 is 2.00 bits per heavy atom. The lowest BCUT2D eigenvalue weighted by molar-refractivity contribution is 0.0464. The highest BCUT2D eigenvalue weighted by Crippen LogP contribution is 2.19. The molecule has 0 aliphatic carbocycles. The number of rotatable bonds is 3. The molecule has 1 unspecified atom stereocenters. The van der Waals surface area contributed by atoms with Crippen LogP contribution in [0.3, 0.4) is 0 Å². The molecule has 1 fully saturated rings. The molecule has 0 saturated carbocycles. The van der Waals surface area contributed by atoms with Gasteiger partial charge in [-0.2, -0.15) is 0 Å². The summed E-state index contributed by atoms with van der Waals surface area (Å²) in [4.78, 5) is 2.29. The number of aliphatic hydroxyl groups is 1. The SMILES string of the molecule is CC1CN(CC(O)c2ccccc2)C1. The van der Waals surface area contributed by atoms with Crippen molar-refractivity contribution in [2.45, 2.75) is 13.0 Å². The van der Waals surface area contributed by atoms with Gasteiger partial charge in [-0.05, 0) is 11.5 Å². The van der Waals surface area contributed by atoms with E-state index in [1.165, 1.54) is 0 Å². The third-order valence-electron chi connectivity index (χ3n) is 2.76. The van der Waals surface area contributed by atoms with Crippen LogP contribution in [0, 0.1) is 5.92 Å². The van der Waals surface area contributed by atoms with Crippen LogP contribution in [0.5, 0.6) is 0 Å². The standard InChI is InChI=1S/C12H17NO/c1-10-7-13(8-10)9-12(14)11-5-3-2-4-6-11/h2-6,10,12,14H,7-9H2,1H3. The van der Waals surface area contributed by atoms with Crippen LogP contribution in [0.2, 0.25) is 0 Å². The summed E-state index contributed by atoms with van der Waals surface area (Å²) in [7, 11) is 0. The summed E-state index contributed by atoms with van der Waals surface area (Å²) in [5, 5.41) is 9.90. The van der Waals surface area contributed by atoms with Crippen LogP contribution in [0.1, 0.15) is 18.6 Å². The van der Waals surface area contributed by atoms with Gasteiger partial charge in [-0.15, -0.1) is 0 Å². The minimum Gasteiger partial charge on any atom is -0.387 e. The van der Waals surface area contributed by atoms with Gasteiger partial charge in [0.15, 0.2) is 0 Å². The number of hydrogen-bond donors (Lipinski definition) is 1. The molecule has 1 saturated heterocycles. The molecule has 0 bridgehead atoms. The summed E-state index contributed by atoms with van der Waals surface area (Å²) in [5.74, 6) is 0.804. The van der Waals surface area contributed by atoms with E-state index in [4.69, 9.17) is 0 Å². The van der Waals surface area contributed by atoms with Crippen LogP contribution in [0.25, 0.3) is 0 Å².